The second-order valence-electron chi connectivity index (χ2n) is 2.69. The van der Waals surface area contributed by atoms with E-state index in [1.807, 2.05) is 0 Å². The van der Waals surface area contributed by atoms with Gasteiger partial charge in [0, 0.05) is 12.8 Å². The van der Waals surface area contributed by atoms with Crippen molar-refractivity contribution in [2.45, 2.75) is 38.9 Å². The average Bonchev–Trinajstić information content (AvgIpc) is 1.96. The first-order valence-electron chi connectivity index (χ1n) is 4.11. The highest BCUT2D eigenvalue weighted by Gasteiger charge is 2.06. The van der Waals surface area contributed by atoms with Crippen LogP contribution in [0.25, 0.3) is 0 Å². The van der Waals surface area contributed by atoms with Gasteiger partial charge < -0.3 is 14.9 Å². The predicted octanol–water partition coefficient (Wildman–Crippen LogP) is 0.513. The fraction of sp³-hybridized carbons (Fsp3) is 0.750. The first kappa shape index (κ1) is 11.9. The van der Waals surface area contributed by atoms with E-state index in [9.17, 15) is 9.59 Å². The SMILES string of the molecule is CC(O)OC(=O)CCCCC(=O)O. The molecule has 5 nitrogen and oxygen atoms in total. The quantitative estimate of drug-likeness (QED) is 0.362. The molecular weight excluding hydrogens is 176 g/mol. The summed E-state index contributed by atoms with van der Waals surface area (Å²) in [6.07, 6.45) is 0.0365. The second-order valence-corrected chi connectivity index (χ2v) is 2.69. The molecule has 1 atom stereocenters. The molecule has 0 amide bonds. The molecule has 0 aliphatic rings. The lowest BCUT2D eigenvalue weighted by Gasteiger charge is -2.05. The highest BCUT2D eigenvalue weighted by molar-refractivity contribution is 5.69. The van der Waals surface area contributed by atoms with Gasteiger partial charge >= 0.3 is 11.9 Å². The van der Waals surface area contributed by atoms with Crippen LogP contribution in [0.5, 0.6) is 0 Å². The molecular formula is C8H14O5. The van der Waals surface area contributed by atoms with Crippen LogP contribution in [0, 0.1) is 0 Å². The summed E-state index contributed by atoms with van der Waals surface area (Å²) in [7, 11) is 0. The Kier molecular flexibility index (Phi) is 5.88. The van der Waals surface area contributed by atoms with Gasteiger partial charge in [0.2, 0.25) is 0 Å². The molecule has 0 rings (SSSR count). The standard InChI is InChI=1S/C8H14O5/c1-6(9)13-8(12)5-3-2-4-7(10)11/h6,9H,2-5H2,1H3,(H,10,11). The van der Waals surface area contributed by atoms with Gasteiger partial charge in [-0.15, -0.1) is 0 Å². The van der Waals surface area contributed by atoms with Crippen molar-refractivity contribution in [3.05, 3.63) is 0 Å². The minimum Gasteiger partial charge on any atom is -0.481 e. The van der Waals surface area contributed by atoms with Gasteiger partial charge in [0.1, 0.15) is 0 Å². The third kappa shape index (κ3) is 8.81. The summed E-state index contributed by atoms with van der Waals surface area (Å²) in [5, 5.41) is 16.9. The lowest BCUT2D eigenvalue weighted by atomic mass is 10.2. The normalized spacial score (nSPS) is 12.2. The third-order valence-corrected chi connectivity index (χ3v) is 1.32. The van der Waals surface area contributed by atoms with Gasteiger partial charge in [0.25, 0.3) is 0 Å². The zero-order valence-electron chi connectivity index (χ0n) is 7.52. The van der Waals surface area contributed by atoms with Crippen LogP contribution in [0.4, 0.5) is 0 Å². The summed E-state index contributed by atoms with van der Waals surface area (Å²) < 4.78 is 4.43. The van der Waals surface area contributed by atoms with Crippen molar-refractivity contribution in [2.75, 3.05) is 0 Å². The molecule has 0 aliphatic carbocycles. The maximum Gasteiger partial charge on any atom is 0.308 e. The summed E-state index contributed by atoms with van der Waals surface area (Å²) in [5.41, 5.74) is 0. The fourth-order valence-electron chi connectivity index (χ4n) is 0.795. The van der Waals surface area contributed by atoms with Gasteiger partial charge in [0.05, 0.1) is 0 Å². The van der Waals surface area contributed by atoms with E-state index in [1.54, 1.807) is 0 Å². The van der Waals surface area contributed by atoms with Gasteiger partial charge in [-0.3, -0.25) is 9.59 Å². The Morgan fingerprint density at radius 2 is 1.85 bits per heavy atom. The zero-order valence-corrected chi connectivity index (χ0v) is 7.52. The van der Waals surface area contributed by atoms with E-state index in [0.717, 1.165) is 0 Å². The lowest BCUT2D eigenvalue weighted by molar-refractivity contribution is -0.165. The topological polar surface area (TPSA) is 83.8 Å². The van der Waals surface area contributed by atoms with Gasteiger partial charge in [-0.25, -0.2) is 0 Å². The molecule has 2 N–H and O–H groups in total. The van der Waals surface area contributed by atoms with Gasteiger partial charge in [-0.1, -0.05) is 0 Å². The van der Waals surface area contributed by atoms with E-state index in [-0.39, 0.29) is 12.8 Å². The number of aliphatic hydroxyl groups is 1. The van der Waals surface area contributed by atoms with Crippen molar-refractivity contribution >= 4 is 11.9 Å². The highest BCUT2D eigenvalue weighted by Crippen LogP contribution is 2.02. The number of carbonyl (C=O) groups is 2. The molecule has 0 aliphatic heterocycles. The third-order valence-electron chi connectivity index (χ3n) is 1.32. The molecule has 0 saturated carbocycles. The minimum absolute atomic E-state index is 0.0575. The van der Waals surface area contributed by atoms with Crippen molar-refractivity contribution in [1.29, 1.82) is 0 Å². The number of esters is 1. The number of carboxylic acids is 1. The molecule has 0 radical (unpaired) electrons. The smallest absolute Gasteiger partial charge is 0.308 e. The molecule has 13 heavy (non-hydrogen) atoms. The second kappa shape index (κ2) is 6.42. The molecule has 0 heterocycles. The maximum absolute atomic E-state index is 10.8. The van der Waals surface area contributed by atoms with Crippen LogP contribution in [0.15, 0.2) is 0 Å². The molecule has 0 aromatic carbocycles. The summed E-state index contributed by atoms with van der Waals surface area (Å²) in [5.74, 6) is -1.37. The first-order chi connectivity index (χ1) is 6.02. The summed E-state index contributed by atoms with van der Waals surface area (Å²) >= 11 is 0. The minimum atomic E-state index is -1.09. The number of aliphatic carboxylic acids is 1. The van der Waals surface area contributed by atoms with E-state index >= 15 is 0 Å². The van der Waals surface area contributed by atoms with Gasteiger partial charge in [-0.2, -0.15) is 0 Å². The zero-order chi connectivity index (χ0) is 10.3. The van der Waals surface area contributed by atoms with Crippen LogP contribution in [-0.2, 0) is 14.3 Å². The Labute approximate surface area is 76.3 Å². The van der Waals surface area contributed by atoms with Crippen LogP contribution in [0.2, 0.25) is 0 Å². The summed E-state index contributed by atoms with van der Waals surface area (Å²) in [6.45, 7) is 1.34. The molecule has 0 saturated heterocycles. The van der Waals surface area contributed by atoms with Crippen LogP contribution in [-0.4, -0.2) is 28.4 Å². The summed E-state index contributed by atoms with van der Waals surface area (Å²) in [4.78, 5) is 20.8. The number of unbranched alkanes of at least 4 members (excludes halogenated alkanes) is 1. The number of aliphatic hydroxyl groups excluding tert-OH is 1. The van der Waals surface area contributed by atoms with E-state index in [0.29, 0.717) is 12.8 Å². The molecule has 76 valence electrons. The van der Waals surface area contributed by atoms with Crippen LogP contribution < -0.4 is 0 Å². The average molecular weight is 190 g/mol. The molecule has 5 heteroatoms. The van der Waals surface area contributed by atoms with Crippen molar-refractivity contribution in [3.8, 4) is 0 Å². The molecule has 0 fully saturated rings. The number of rotatable bonds is 6. The van der Waals surface area contributed by atoms with Gasteiger partial charge in [-0.05, 0) is 19.8 Å². The number of carboxylic acid groups (broad SMARTS) is 1. The number of hydrogen-bond donors (Lipinski definition) is 2. The Morgan fingerprint density at radius 3 is 2.31 bits per heavy atom. The van der Waals surface area contributed by atoms with Crippen molar-refractivity contribution in [2.24, 2.45) is 0 Å². The van der Waals surface area contributed by atoms with E-state index in [1.165, 1.54) is 6.92 Å². The summed E-state index contributed by atoms with van der Waals surface area (Å²) in [6, 6.07) is 0. The molecule has 0 bridgehead atoms. The molecule has 0 spiro atoms. The Hall–Kier alpha value is -1.10. The predicted molar refractivity (Wildman–Crippen MR) is 43.9 cm³/mol. The monoisotopic (exact) mass is 190 g/mol. The molecule has 1 unspecified atom stereocenters. The Bertz CT molecular complexity index is 175. The van der Waals surface area contributed by atoms with Crippen LogP contribution in [0.3, 0.4) is 0 Å². The van der Waals surface area contributed by atoms with Crippen molar-refractivity contribution in [3.63, 3.8) is 0 Å². The highest BCUT2D eigenvalue weighted by atomic mass is 16.6. The Morgan fingerprint density at radius 1 is 1.31 bits per heavy atom. The maximum atomic E-state index is 10.8. The largest absolute Gasteiger partial charge is 0.481 e. The lowest BCUT2D eigenvalue weighted by Crippen LogP contribution is -2.13. The van der Waals surface area contributed by atoms with E-state index in [4.69, 9.17) is 10.2 Å². The van der Waals surface area contributed by atoms with Crippen LogP contribution in [0.1, 0.15) is 32.6 Å². The van der Waals surface area contributed by atoms with Crippen LogP contribution >= 0.6 is 0 Å². The van der Waals surface area contributed by atoms with E-state index < -0.39 is 18.2 Å². The number of carbonyl (C=O) groups excluding carboxylic acids is 1. The fourth-order valence-corrected chi connectivity index (χ4v) is 0.795. The first-order valence-corrected chi connectivity index (χ1v) is 4.11. The van der Waals surface area contributed by atoms with Gasteiger partial charge in [0.15, 0.2) is 6.29 Å². The Balaban J connectivity index is 3.32. The van der Waals surface area contributed by atoms with Crippen molar-refractivity contribution in [1.82, 2.24) is 0 Å². The number of ether oxygens (including phenoxy) is 1. The molecule has 0 aromatic rings. The number of hydrogen-bond acceptors (Lipinski definition) is 4. The molecule has 0 aromatic heterocycles. The van der Waals surface area contributed by atoms with Crippen molar-refractivity contribution < 1.29 is 24.5 Å². The van der Waals surface area contributed by atoms with E-state index in [2.05, 4.69) is 4.74 Å².